The van der Waals surface area contributed by atoms with Crippen LogP contribution in [0.15, 0.2) is 24.4 Å². The van der Waals surface area contributed by atoms with Gasteiger partial charge in [-0.2, -0.15) is 0 Å². The first-order valence-corrected chi connectivity index (χ1v) is 8.66. The predicted octanol–water partition coefficient (Wildman–Crippen LogP) is 1.48. The van der Waals surface area contributed by atoms with Crippen LogP contribution in [-0.4, -0.2) is 40.0 Å². The van der Waals surface area contributed by atoms with Gasteiger partial charge in [0.1, 0.15) is 10.1 Å². The topological polar surface area (TPSA) is 50.3 Å². The molecule has 18 heavy (non-hydrogen) atoms. The third-order valence-corrected chi connectivity index (χ3v) is 7.32. The Balaban J connectivity index is 2.07. The van der Waals surface area contributed by atoms with Gasteiger partial charge in [-0.15, -0.1) is 0 Å². The molecule has 3 heterocycles. The summed E-state index contributed by atoms with van der Waals surface area (Å²) in [6.07, 6.45) is 1.70. The highest BCUT2D eigenvalue weighted by molar-refractivity contribution is 8.24. The van der Waals surface area contributed by atoms with Gasteiger partial charge in [-0.1, -0.05) is 30.0 Å². The van der Waals surface area contributed by atoms with Gasteiger partial charge < -0.3 is 4.90 Å². The maximum atomic E-state index is 11.8. The van der Waals surface area contributed by atoms with Crippen molar-refractivity contribution < 1.29 is 8.42 Å². The summed E-state index contributed by atoms with van der Waals surface area (Å²) < 4.78 is 24.4. The molecule has 2 aliphatic rings. The maximum Gasteiger partial charge on any atom is 0.153 e. The summed E-state index contributed by atoms with van der Waals surface area (Å²) in [4.78, 5) is 6.20. The highest BCUT2D eigenvalue weighted by Gasteiger charge is 2.57. The van der Waals surface area contributed by atoms with Gasteiger partial charge >= 0.3 is 0 Å². The Morgan fingerprint density at radius 3 is 3.00 bits per heavy atom. The molecular weight excluding hydrogens is 288 g/mol. The Kier molecular flexibility index (Phi) is 2.69. The van der Waals surface area contributed by atoms with Crippen molar-refractivity contribution in [2.75, 3.05) is 16.4 Å². The summed E-state index contributed by atoms with van der Waals surface area (Å²) >= 11 is 6.86. The molecule has 2 aliphatic heterocycles. The molecule has 0 spiro atoms. The third kappa shape index (κ3) is 1.76. The molecule has 0 radical (unpaired) electrons. The number of hydrogen-bond donors (Lipinski definition) is 0. The van der Waals surface area contributed by atoms with E-state index in [1.165, 1.54) is 11.8 Å². The molecule has 2 atom stereocenters. The van der Waals surface area contributed by atoms with Crippen molar-refractivity contribution in [2.24, 2.45) is 0 Å². The predicted molar refractivity (Wildman–Crippen MR) is 77.8 cm³/mol. The number of pyridine rings is 1. The minimum absolute atomic E-state index is 0.0111. The van der Waals surface area contributed by atoms with E-state index >= 15 is 0 Å². The monoisotopic (exact) mass is 300 g/mol. The number of nitrogens with zero attached hydrogens (tertiary/aromatic N) is 2. The summed E-state index contributed by atoms with van der Waals surface area (Å²) in [5.41, 5.74) is -0.463. The van der Waals surface area contributed by atoms with E-state index in [2.05, 4.69) is 4.98 Å². The first kappa shape index (κ1) is 12.4. The lowest BCUT2D eigenvalue weighted by atomic mass is 9.99. The van der Waals surface area contributed by atoms with Crippen molar-refractivity contribution in [1.29, 1.82) is 0 Å². The van der Waals surface area contributed by atoms with E-state index in [4.69, 9.17) is 12.2 Å². The quantitative estimate of drug-likeness (QED) is 0.732. The molecule has 0 amide bonds. The maximum absolute atomic E-state index is 11.8. The molecule has 0 saturated carbocycles. The fraction of sp³-hybridized carbons (Fsp3) is 0.455. The minimum Gasteiger partial charge on any atom is -0.304 e. The zero-order valence-electron chi connectivity index (χ0n) is 9.74. The molecule has 0 aromatic carbocycles. The lowest BCUT2D eigenvalue weighted by Gasteiger charge is -2.33. The number of rotatable bonds is 1. The van der Waals surface area contributed by atoms with E-state index in [1.807, 2.05) is 30.0 Å². The van der Waals surface area contributed by atoms with Crippen LogP contribution in [0, 0.1) is 0 Å². The standard InChI is InChI=1S/C11H12N2O2S3/c1-11-7-18(14,15)6-8(11)17-10(16)13(11)9-4-2-3-5-12-9/h2-5,8H,6-7H2,1H3/t8-,11+/m1/s1. The van der Waals surface area contributed by atoms with E-state index < -0.39 is 15.4 Å². The van der Waals surface area contributed by atoms with Crippen molar-refractivity contribution >= 4 is 44.0 Å². The number of thioether (sulfide) groups is 1. The van der Waals surface area contributed by atoms with Crippen LogP contribution in [0.1, 0.15) is 6.92 Å². The highest BCUT2D eigenvalue weighted by Crippen LogP contribution is 2.47. The van der Waals surface area contributed by atoms with E-state index in [1.54, 1.807) is 6.20 Å². The Morgan fingerprint density at radius 1 is 1.56 bits per heavy atom. The van der Waals surface area contributed by atoms with Gasteiger partial charge in [-0.05, 0) is 19.1 Å². The molecular formula is C11H12N2O2S3. The van der Waals surface area contributed by atoms with Gasteiger partial charge in [0.05, 0.1) is 22.3 Å². The van der Waals surface area contributed by atoms with Crippen molar-refractivity contribution in [3.8, 4) is 0 Å². The van der Waals surface area contributed by atoms with Crippen LogP contribution >= 0.6 is 24.0 Å². The second kappa shape index (κ2) is 3.91. The molecule has 0 bridgehead atoms. The summed E-state index contributed by atoms with van der Waals surface area (Å²) in [7, 11) is -2.98. The van der Waals surface area contributed by atoms with Gasteiger partial charge in [-0.3, -0.25) is 0 Å². The lowest BCUT2D eigenvalue weighted by Crippen LogP contribution is -2.49. The molecule has 0 aliphatic carbocycles. The molecule has 96 valence electrons. The summed E-state index contributed by atoms with van der Waals surface area (Å²) in [6, 6.07) is 5.59. The normalized spacial score (nSPS) is 33.7. The second-order valence-electron chi connectivity index (χ2n) is 4.81. The Bertz CT molecular complexity index is 602. The second-order valence-corrected chi connectivity index (χ2v) is 8.75. The van der Waals surface area contributed by atoms with E-state index in [0.29, 0.717) is 0 Å². The average molecular weight is 300 g/mol. The zero-order valence-corrected chi connectivity index (χ0v) is 12.2. The smallest absolute Gasteiger partial charge is 0.153 e. The van der Waals surface area contributed by atoms with Gasteiger partial charge in [-0.25, -0.2) is 13.4 Å². The van der Waals surface area contributed by atoms with Crippen LogP contribution in [0.5, 0.6) is 0 Å². The van der Waals surface area contributed by atoms with E-state index in [-0.39, 0.29) is 16.8 Å². The lowest BCUT2D eigenvalue weighted by molar-refractivity contribution is 0.547. The molecule has 7 heteroatoms. The molecule has 1 aromatic rings. The van der Waals surface area contributed by atoms with Crippen molar-refractivity contribution in [1.82, 2.24) is 4.98 Å². The Morgan fingerprint density at radius 2 is 2.33 bits per heavy atom. The molecule has 1 aromatic heterocycles. The molecule has 3 rings (SSSR count). The largest absolute Gasteiger partial charge is 0.304 e. The van der Waals surface area contributed by atoms with Gasteiger partial charge in [0.25, 0.3) is 0 Å². The zero-order chi connectivity index (χ0) is 13.0. The number of fused-ring (bicyclic) bond motifs is 1. The molecule has 2 fully saturated rings. The molecule has 2 saturated heterocycles. The number of aromatic nitrogens is 1. The Labute approximate surface area is 116 Å². The van der Waals surface area contributed by atoms with Gasteiger partial charge in [0, 0.05) is 6.20 Å². The number of sulfone groups is 1. The van der Waals surface area contributed by atoms with Crippen LogP contribution in [-0.2, 0) is 9.84 Å². The number of hydrogen-bond acceptors (Lipinski definition) is 5. The van der Waals surface area contributed by atoms with Crippen LogP contribution in [0.25, 0.3) is 0 Å². The summed E-state index contributed by atoms with van der Waals surface area (Å²) in [6.45, 7) is 1.96. The first-order valence-electron chi connectivity index (χ1n) is 5.55. The number of anilines is 1. The van der Waals surface area contributed by atoms with Crippen molar-refractivity contribution in [3.05, 3.63) is 24.4 Å². The Hall–Kier alpha value is -0.660. The van der Waals surface area contributed by atoms with Crippen LogP contribution < -0.4 is 4.90 Å². The van der Waals surface area contributed by atoms with E-state index in [9.17, 15) is 8.42 Å². The molecule has 0 unspecified atom stereocenters. The SMILES string of the molecule is C[C@]12CS(=O)(=O)C[C@H]1SC(=S)N2c1ccccn1. The van der Waals surface area contributed by atoms with Gasteiger partial charge in [0.15, 0.2) is 9.84 Å². The number of thiocarbonyl (C=S) groups is 1. The highest BCUT2D eigenvalue weighted by atomic mass is 32.2. The van der Waals surface area contributed by atoms with Crippen LogP contribution in [0.4, 0.5) is 5.82 Å². The van der Waals surface area contributed by atoms with Crippen LogP contribution in [0.2, 0.25) is 0 Å². The fourth-order valence-corrected chi connectivity index (χ4v) is 7.50. The molecule has 4 nitrogen and oxygen atoms in total. The van der Waals surface area contributed by atoms with Crippen molar-refractivity contribution in [3.63, 3.8) is 0 Å². The van der Waals surface area contributed by atoms with E-state index in [0.717, 1.165) is 10.1 Å². The van der Waals surface area contributed by atoms with Crippen LogP contribution in [0.3, 0.4) is 0 Å². The van der Waals surface area contributed by atoms with Crippen molar-refractivity contribution in [2.45, 2.75) is 17.7 Å². The summed E-state index contributed by atoms with van der Waals surface area (Å²) in [5, 5.41) is 0.0111. The van der Waals surface area contributed by atoms with Gasteiger partial charge in [0.2, 0.25) is 0 Å². The average Bonchev–Trinajstić information content (AvgIpc) is 2.62. The summed E-state index contributed by atoms with van der Waals surface area (Å²) in [5.74, 6) is 1.09. The minimum atomic E-state index is -2.98. The third-order valence-electron chi connectivity index (χ3n) is 3.43. The first-order chi connectivity index (χ1) is 8.42. The molecule has 0 N–H and O–H groups in total. The fourth-order valence-electron chi connectivity index (χ4n) is 2.60.